The maximum atomic E-state index is 13.3. The van der Waals surface area contributed by atoms with E-state index in [0.717, 1.165) is 22.5 Å². The van der Waals surface area contributed by atoms with Gasteiger partial charge in [-0.3, -0.25) is 9.69 Å². The predicted molar refractivity (Wildman–Crippen MR) is 112 cm³/mol. The number of nitrogens with two attached hydrogens (primary N) is 1. The first-order valence-corrected chi connectivity index (χ1v) is 8.98. The number of rotatable bonds is 6. The SMILES string of the molecule is COc1cc(C)c(CC(=O)N(c2ccccc2)c2ccc(N)cc2)cc1OC. The van der Waals surface area contributed by atoms with E-state index in [9.17, 15) is 4.79 Å². The van der Waals surface area contributed by atoms with Crippen molar-refractivity contribution in [1.29, 1.82) is 0 Å². The quantitative estimate of drug-likeness (QED) is 0.643. The minimum Gasteiger partial charge on any atom is -0.493 e. The average Bonchev–Trinajstić information content (AvgIpc) is 2.71. The Morgan fingerprint density at radius 1 is 0.893 bits per heavy atom. The molecule has 28 heavy (non-hydrogen) atoms. The smallest absolute Gasteiger partial charge is 0.235 e. The van der Waals surface area contributed by atoms with Gasteiger partial charge in [0.2, 0.25) is 5.91 Å². The second kappa shape index (κ2) is 8.48. The van der Waals surface area contributed by atoms with Crippen molar-refractivity contribution in [3.05, 3.63) is 77.9 Å². The van der Waals surface area contributed by atoms with Crippen LogP contribution in [0.25, 0.3) is 0 Å². The van der Waals surface area contributed by atoms with E-state index in [4.69, 9.17) is 15.2 Å². The highest BCUT2D eigenvalue weighted by Gasteiger charge is 2.20. The third-order valence-corrected chi connectivity index (χ3v) is 4.60. The highest BCUT2D eigenvalue weighted by atomic mass is 16.5. The van der Waals surface area contributed by atoms with Crippen LogP contribution in [0.1, 0.15) is 11.1 Å². The monoisotopic (exact) mass is 376 g/mol. The fourth-order valence-electron chi connectivity index (χ4n) is 3.09. The molecule has 0 fully saturated rings. The van der Waals surface area contributed by atoms with E-state index in [1.54, 1.807) is 31.3 Å². The molecule has 3 aromatic carbocycles. The van der Waals surface area contributed by atoms with Crippen molar-refractivity contribution in [2.24, 2.45) is 0 Å². The molecule has 3 aromatic rings. The molecule has 0 radical (unpaired) electrons. The standard InChI is InChI=1S/C23H24N2O3/c1-16-13-21(27-2)22(28-3)14-17(16)15-23(26)25(19-7-5-4-6-8-19)20-11-9-18(24)10-12-20/h4-14H,15,24H2,1-3H3. The maximum Gasteiger partial charge on any atom is 0.235 e. The molecule has 0 aromatic heterocycles. The molecule has 0 aliphatic rings. The molecule has 144 valence electrons. The van der Waals surface area contributed by atoms with Crippen molar-refractivity contribution < 1.29 is 14.3 Å². The summed E-state index contributed by atoms with van der Waals surface area (Å²) in [4.78, 5) is 15.0. The molecule has 1 amide bonds. The van der Waals surface area contributed by atoms with E-state index < -0.39 is 0 Å². The van der Waals surface area contributed by atoms with Gasteiger partial charge in [0.05, 0.1) is 20.6 Å². The molecule has 0 unspecified atom stereocenters. The predicted octanol–water partition coefficient (Wildman–Crippen LogP) is 4.50. The summed E-state index contributed by atoms with van der Waals surface area (Å²) >= 11 is 0. The van der Waals surface area contributed by atoms with Gasteiger partial charge in [-0.1, -0.05) is 18.2 Å². The molecule has 0 spiro atoms. The van der Waals surface area contributed by atoms with Crippen LogP contribution in [0.4, 0.5) is 17.1 Å². The van der Waals surface area contributed by atoms with Gasteiger partial charge < -0.3 is 15.2 Å². The van der Waals surface area contributed by atoms with E-state index in [-0.39, 0.29) is 12.3 Å². The van der Waals surface area contributed by atoms with Crippen LogP contribution in [0.15, 0.2) is 66.7 Å². The minimum absolute atomic E-state index is 0.0497. The Morgan fingerprint density at radius 3 is 2.07 bits per heavy atom. The first-order chi connectivity index (χ1) is 13.5. The summed E-state index contributed by atoms with van der Waals surface area (Å²) in [5.41, 5.74) is 9.89. The number of amides is 1. The van der Waals surface area contributed by atoms with Gasteiger partial charge >= 0.3 is 0 Å². The van der Waals surface area contributed by atoms with Crippen molar-refractivity contribution in [2.75, 3.05) is 24.9 Å². The number of nitrogens with zero attached hydrogens (tertiary/aromatic N) is 1. The molecular weight excluding hydrogens is 352 g/mol. The Balaban J connectivity index is 1.98. The zero-order valence-electron chi connectivity index (χ0n) is 16.3. The number of benzene rings is 3. The van der Waals surface area contributed by atoms with Gasteiger partial charge in [0.15, 0.2) is 11.5 Å². The topological polar surface area (TPSA) is 64.8 Å². The molecular formula is C23H24N2O3. The normalized spacial score (nSPS) is 10.4. The Morgan fingerprint density at radius 2 is 1.46 bits per heavy atom. The van der Waals surface area contributed by atoms with E-state index in [1.165, 1.54) is 0 Å². The molecule has 5 nitrogen and oxygen atoms in total. The number of anilines is 3. The lowest BCUT2D eigenvalue weighted by molar-refractivity contribution is -0.117. The van der Waals surface area contributed by atoms with Gasteiger partial charge in [-0.05, 0) is 66.6 Å². The van der Waals surface area contributed by atoms with Crippen LogP contribution in [0, 0.1) is 6.92 Å². The lowest BCUT2D eigenvalue weighted by atomic mass is 10.0. The molecule has 0 atom stereocenters. The summed E-state index contributed by atoms with van der Waals surface area (Å²) < 4.78 is 10.7. The van der Waals surface area contributed by atoms with Crippen LogP contribution in [-0.4, -0.2) is 20.1 Å². The largest absolute Gasteiger partial charge is 0.493 e. The van der Waals surface area contributed by atoms with Crippen LogP contribution < -0.4 is 20.1 Å². The molecule has 0 saturated carbocycles. The zero-order valence-corrected chi connectivity index (χ0v) is 16.3. The second-order valence-electron chi connectivity index (χ2n) is 6.47. The molecule has 2 N–H and O–H groups in total. The van der Waals surface area contributed by atoms with E-state index in [2.05, 4.69) is 0 Å². The Labute approximate surface area is 165 Å². The van der Waals surface area contributed by atoms with Crippen molar-refractivity contribution in [2.45, 2.75) is 13.3 Å². The molecule has 5 heteroatoms. The molecule has 0 saturated heterocycles. The summed E-state index contributed by atoms with van der Waals surface area (Å²) in [7, 11) is 3.18. The minimum atomic E-state index is -0.0497. The van der Waals surface area contributed by atoms with Gasteiger partial charge in [0, 0.05) is 17.1 Å². The number of aryl methyl sites for hydroxylation is 1. The summed E-state index contributed by atoms with van der Waals surface area (Å²) in [6.45, 7) is 1.96. The molecule has 0 heterocycles. The summed E-state index contributed by atoms with van der Waals surface area (Å²) in [5, 5.41) is 0. The number of nitrogen functional groups attached to an aromatic ring is 1. The lowest BCUT2D eigenvalue weighted by Gasteiger charge is -2.24. The van der Waals surface area contributed by atoms with Gasteiger partial charge in [0.1, 0.15) is 0 Å². The number of hydrogen-bond donors (Lipinski definition) is 1. The highest BCUT2D eigenvalue weighted by Crippen LogP contribution is 2.32. The first-order valence-electron chi connectivity index (χ1n) is 8.98. The molecule has 3 rings (SSSR count). The average molecular weight is 376 g/mol. The van der Waals surface area contributed by atoms with Crippen LogP contribution in [0.5, 0.6) is 11.5 Å². The Bertz CT molecular complexity index is 954. The molecule has 0 aliphatic heterocycles. The number of hydrogen-bond acceptors (Lipinski definition) is 4. The van der Waals surface area contributed by atoms with Crippen molar-refractivity contribution in [3.63, 3.8) is 0 Å². The first kappa shape index (κ1) is 19.3. The van der Waals surface area contributed by atoms with Crippen molar-refractivity contribution in [3.8, 4) is 11.5 Å². The fourth-order valence-corrected chi connectivity index (χ4v) is 3.09. The third-order valence-electron chi connectivity index (χ3n) is 4.60. The van der Waals surface area contributed by atoms with E-state index in [1.807, 2.05) is 61.5 Å². The molecule has 0 aliphatic carbocycles. The lowest BCUT2D eigenvalue weighted by Crippen LogP contribution is -2.27. The van der Waals surface area contributed by atoms with Gasteiger partial charge in [-0.15, -0.1) is 0 Å². The maximum absolute atomic E-state index is 13.3. The second-order valence-corrected chi connectivity index (χ2v) is 6.47. The summed E-state index contributed by atoms with van der Waals surface area (Å²) in [6, 6.07) is 20.6. The Hall–Kier alpha value is -3.47. The number of methoxy groups -OCH3 is 2. The summed E-state index contributed by atoms with van der Waals surface area (Å²) in [6.07, 6.45) is 0.228. The van der Waals surface area contributed by atoms with Gasteiger partial charge in [-0.25, -0.2) is 0 Å². The number of ether oxygens (including phenoxy) is 2. The van der Waals surface area contributed by atoms with Crippen LogP contribution >= 0.6 is 0 Å². The van der Waals surface area contributed by atoms with Gasteiger partial charge in [0.25, 0.3) is 0 Å². The third kappa shape index (κ3) is 4.09. The zero-order chi connectivity index (χ0) is 20.1. The Kier molecular flexibility index (Phi) is 5.84. The summed E-state index contributed by atoms with van der Waals surface area (Å²) in [5.74, 6) is 1.20. The number of para-hydroxylation sites is 1. The number of carbonyl (C=O) groups is 1. The van der Waals surface area contributed by atoms with Crippen LogP contribution in [-0.2, 0) is 11.2 Å². The number of carbonyl (C=O) groups excluding carboxylic acids is 1. The molecule has 0 bridgehead atoms. The van der Waals surface area contributed by atoms with Crippen molar-refractivity contribution >= 4 is 23.0 Å². The highest BCUT2D eigenvalue weighted by molar-refractivity contribution is 6.01. The fraction of sp³-hybridized carbons (Fsp3) is 0.174. The van der Waals surface area contributed by atoms with E-state index in [0.29, 0.717) is 17.2 Å². The van der Waals surface area contributed by atoms with Crippen LogP contribution in [0.2, 0.25) is 0 Å². The van der Waals surface area contributed by atoms with Crippen LogP contribution in [0.3, 0.4) is 0 Å². The van der Waals surface area contributed by atoms with E-state index >= 15 is 0 Å². The van der Waals surface area contributed by atoms with Gasteiger partial charge in [-0.2, -0.15) is 0 Å². The van der Waals surface area contributed by atoms with Crippen molar-refractivity contribution in [1.82, 2.24) is 0 Å².